The highest BCUT2D eigenvalue weighted by Crippen LogP contribution is 2.32. The number of esters is 1. The Bertz CT molecular complexity index is 674. The lowest BCUT2D eigenvalue weighted by Crippen LogP contribution is -2.16. The van der Waals surface area contributed by atoms with Crippen LogP contribution in [0.5, 0.6) is 0 Å². The van der Waals surface area contributed by atoms with E-state index in [1.807, 2.05) is 36.4 Å². The Kier molecular flexibility index (Phi) is 7.10. The molecule has 0 saturated carbocycles. The van der Waals surface area contributed by atoms with Crippen LogP contribution < -0.4 is 0 Å². The molecule has 0 amide bonds. The Morgan fingerprint density at radius 1 is 1.04 bits per heavy atom. The quantitative estimate of drug-likeness (QED) is 0.715. The summed E-state index contributed by atoms with van der Waals surface area (Å²) in [6, 6.07) is 14.9. The first-order valence-electron chi connectivity index (χ1n) is 7.75. The molecule has 24 heavy (non-hydrogen) atoms. The van der Waals surface area contributed by atoms with E-state index in [4.69, 9.17) is 27.9 Å². The van der Waals surface area contributed by atoms with Crippen LogP contribution in [0.2, 0.25) is 10.0 Å². The average molecular weight is 367 g/mol. The standard InChI is InChI=1S/C19H20Cl2O3/c1-24-19(23)16(13-5-3-2-4-6-13)9-7-15(12-22)14-8-10-17(20)18(21)11-14/h2-6,8,10-11,15-16,22H,7,9,12H2,1H3. The number of methoxy groups -OCH3 is 1. The molecule has 2 unspecified atom stereocenters. The second-order valence-electron chi connectivity index (χ2n) is 5.62. The van der Waals surface area contributed by atoms with Crippen LogP contribution in [0.1, 0.15) is 35.8 Å². The maximum Gasteiger partial charge on any atom is 0.313 e. The van der Waals surface area contributed by atoms with Crippen molar-refractivity contribution in [2.75, 3.05) is 13.7 Å². The minimum absolute atomic E-state index is 0.0271. The van der Waals surface area contributed by atoms with E-state index >= 15 is 0 Å². The van der Waals surface area contributed by atoms with Crippen molar-refractivity contribution in [2.45, 2.75) is 24.7 Å². The van der Waals surface area contributed by atoms with E-state index in [1.165, 1.54) is 7.11 Å². The van der Waals surface area contributed by atoms with Crippen molar-refractivity contribution in [3.8, 4) is 0 Å². The molecule has 5 heteroatoms. The molecule has 2 aromatic carbocycles. The van der Waals surface area contributed by atoms with E-state index in [-0.39, 0.29) is 24.4 Å². The molecule has 0 spiro atoms. The van der Waals surface area contributed by atoms with Crippen LogP contribution in [-0.4, -0.2) is 24.8 Å². The molecule has 0 aliphatic carbocycles. The zero-order valence-corrected chi connectivity index (χ0v) is 14.9. The molecule has 0 fully saturated rings. The summed E-state index contributed by atoms with van der Waals surface area (Å²) in [5.74, 6) is -0.740. The van der Waals surface area contributed by atoms with Gasteiger partial charge in [-0.25, -0.2) is 0 Å². The summed E-state index contributed by atoms with van der Waals surface area (Å²) >= 11 is 12.0. The number of aliphatic hydroxyl groups is 1. The van der Waals surface area contributed by atoms with E-state index in [9.17, 15) is 9.90 Å². The van der Waals surface area contributed by atoms with Crippen molar-refractivity contribution in [1.82, 2.24) is 0 Å². The third-order valence-electron chi connectivity index (χ3n) is 4.13. The Labute approximate surface area is 152 Å². The smallest absolute Gasteiger partial charge is 0.313 e. The van der Waals surface area contributed by atoms with Gasteiger partial charge in [0, 0.05) is 12.5 Å². The summed E-state index contributed by atoms with van der Waals surface area (Å²) in [5.41, 5.74) is 1.82. The summed E-state index contributed by atoms with van der Waals surface area (Å²) in [6.07, 6.45) is 1.20. The topological polar surface area (TPSA) is 46.5 Å². The van der Waals surface area contributed by atoms with Crippen LogP contribution in [0.15, 0.2) is 48.5 Å². The molecule has 0 radical (unpaired) electrons. The van der Waals surface area contributed by atoms with Crippen LogP contribution in [0.4, 0.5) is 0 Å². The lowest BCUT2D eigenvalue weighted by molar-refractivity contribution is -0.142. The molecule has 0 saturated heterocycles. The van der Waals surface area contributed by atoms with Gasteiger partial charge in [-0.3, -0.25) is 4.79 Å². The third-order valence-corrected chi connectivity index (χ3v) is 4.87. The minimum atomic E-state index is -0.354. The lowest BCUT2D eigenvalue weighted by Gasteiger charge is -2.20. The van der Waals surface area contributed by atoms with Gasteiger partial charge in [0.15, 0.2) is 0 Å². The molecule has 3 nitrogen and oxygen atoms in total. The molecular formula is C19H20Cl2O3. The van der Waals surface area contributed by atoms with Crippen LogP contribution in [0.25, 0.3) is 0 Å². The molecule has 0 bridgehead atoms. The largest absolute Gasteiger partial charge is 0.469 e. The van der Waals surface area contributed by atoms with Gasteiger partial charge in [-0.15, -0.1) is 0 Å². The zero-order valence-electron chi connectivity index (χ0n) is 13.4. The Morgan fingerprint density at radius 3 is 2.33 bits per heavy atom. The number of hydrogen-bond donors (Lipinski definition) is 1. The fraction of sp³-hybridized carbons (Fsp3) is 0.316. The van der Waals surface area contributed by atoms with Crippen LogP contribution in [-0.2, 0) is 9.53 Å². The molecular weight excluding hydrogens is 347 g/mol. The Hall–Kier alpha value is -1.55. The van der Waals surface area contributed by atoms with Gasteiger partial charge < -0.3 is 9.84 Å². The second-order valence-corrected chi connectivity index (χ2v) is 6.43. The zero-order chi connectivity index (χ0) is 17.5. The van der Waals surface area contributed by atoms with Gasteiger partial charge in [-0.2, -0.15) is 0 Å². The first-order valence-corrected chi connectivity index (χ1v) is 8.51. The van der Waals surface area contributed by atoms with E-state index in [0.29, 0.717) is 22.9 Å². The van der Waals surface area contributed by atoms with Crippen LogP contribution >= 0.6 is 23.2 Å². The van der Waals surface area contributed by atoms with Gasteiger partial charge in [0.2, 0.25) is 0 Å². The highest BCUT2D eigenvalue weighted by atomic mass is 35.5. The van der Waals surface area contributed by atoms with Crippen molar-refractivity contribution < 1.29 is 14.6 Å². The van der Waals surface area contributed by atoms with Crippen molar-refractivity contribution in [1.29, 1.82) is 0 Å². The lowest BCUT2D eigenvalue weighted by atomic mass is 9.87. The summed E-state index contributed by atoms with van der Waals surface area (Å²) in [7, 11) is 1.39. The first kappa shape index (κ1) is 18.8. The van der Waals surface area contributed by atoms with E-state index in [2.05, 4.69) is 0 Å². The molecule has 0 aromatic heterocycles. The summed E-state index contributed by atoms with van der Waals surface area (Å²) in [5, 5.41) is 10.7. The van der Waals surface area contributed by atoms with Gasteiger partial charge in [-0.1, -0.05) is 59.6 Å². The number of aliphatic hydroxyl groups excluding tert-OH is 1. The highest BCUT2D eigenvalue weighted by molar-refractivity contribution is 6.42. The fourth-order valence-electron chi connectivity index (χ4n) is 2.75. The number of hydrogen-bond acceptors (Lipinski definition) is 3. The van der Waals surface area contributed by atoms with Crippen molar-refractivity contribution in [2.24, 2.45) is 0 Å². The molecule has 1 N–H and O–H groups in total. The predicted octanol–water partition coefficient (Wildman–Crippen LogP) is 4.81. The van der Waals surface area contributed by atoms with Gasteiger partial charge in [0.05, 0.1) is 23.1 Å². The Balaban J connectivity index is 2.14. The summed E-state index contributed by atoms with van der Waals surface area (Å²) in [4.78, 5) is 12.1. The van der Waals surface area contributed by atoms with E-state index < -0.39 is 0 Å². The van der Waals surface area contributed by atoms with Crippen LogP contribution in [0.3, 0.4) is 0 Å². The number of carbonyl (C=O) groups is 1. The summed E-state index contributed by atoms with van der Waals surface area (Å²) in [6.45, 7) is -0.0271. The molecule has 0 heterocycles. The van der Waals surface area contributed by atoms with Crippen molar-refractivity contribution >= 4 is 29.2 Å². The fourth-order valence-corrected chi connectivity index (χ4v) is 3.05. The highest BCUT2D eigenvalue weighted by Gasteiger charge is 2.23. The average Bonchev–Trinajstić information content (AvgIpc) is 2.61. The molecule has 2 atom stereocenters. The van der Waals surface area contributed by atoms with Gasteiger partial charge in [0.1, 0.15) is 0 Å². The molecule has 2 aromatic rings. The second kappa shape index (κ2) is 9.07. The third kappa shape index (κ3) is 4.73. The number of benzene rings is 2. The van der Waals surface area contributed by atoms with Crippen molar-refractivity contribution in [3.05, 3.63) is 69.7 Å². The van der Waals surface area contributed by atoms with Crippen molar-refractivity contribution in [3.63, 3.8) is 0 Å². The molecule has 0 aliphatic heterocycles. The van der Waals surface area contributed by atoms with E-state index in [1.54, 1.807) is 12.1 Å². The number of halogens is 2. The SMILES string of the molecule is COC(=O)C(CCC(CO)c1ccc(Cl)c(Cl)c1)c1ccccc1. The number of rotatable bonds is 7. The van der Waals surface area contributed by atoms with Gasteiger partial charge >= 0.3 is 5.97 Å². The molecule has 0 aliphatic rings. The van der Waals surface area contributed by atoms with Gasteiger partial charge in [-0.05, 0) is 36.1 Å². The maximum atomic E-state index is 12.1. The minimum Gasteiger partial charge on any atom is -0.469 e. The Morgan fingerprint density at radius 2 is 1.75 bits per heavy atom. The number of ether oxygens (including phenoxy) is 1. The first-order chi connectivity index (χ1) is 11.6. The monoisotopic (exact) mass is 366 g/mol. The molecule has 2 rings (SSSR count). The number of carbonyl (C=O) groups excluding carboxylic acids is 1. The predicted molar refractivity (Wildman–Crippen MR) is 96.7 cm³/mol. The van der Waals surface area contributed by atoms with Crippen LogP contribution in [0, 0.1) is 0 Å². The maximum absolute atomic E-state index is 12.1. The van der Waals surface area contributed by atoms with Gasteiger partial charge in [0.25, 0.3) is 0 Å². The summed E-state index contributed by atoms with van der Waals surface area (Å²) < 4.78 is 4.93. The van der Waals surface area contributed by atoms with E-state index in [0.717, 1.165) is 11.1 Å². The normalized spacial score (nSPS) is 13.3. The molecule has 128 valence electrons.